The summed E-state index contributed by atoms with van der Waals surface area (Å²) in [5.74, 6) is 0.893. The Morgan fingerprint density at radius 3 is 2.75 bits per heavy atom. The summed E-state index contributed by atoms with van der Waals surface area (Å²) in [7, 11) is 1.69. The minimum atomic E-state index is 0.108. The molecule has 0 aromatic heterocycles. The van der Waals surface area contributed by atoms with Crippen LogP contribution in [0.5, 0.6) is 5.75 Å². The lowest BCUT2D eigenvalue weighted by Gasteiger charge is -2.32. The lowest BCUT2D eigenvalue weighted by molar-refractivity contribution is -0.00904. The molecule has 0 amide bonds. The van der Waals surface area contributed by atoms with Gasteiger partial charge in [-0.15, -0.1) is 0 Å². The van der Waals surface area contributed by atoms with Crippen LogP contribution in [-0.2, 0) is 11.3 Å². The van der Waals surface area contributed by atoms with E-state index in [-0.39, 0.29) is 6.61 Å². The molecule has 2 rings (SSSR count). The summed E-state index contributed by atoms with van der Waals surface area (Å²) in [6.45, 7) is 3.53. The summed E-state index contributed by atoms with van der Waals surface area (Å²) in [4.78, 5) is 2.43. The molecule has 0 radical (unpaired) electrons. The molecule has 0 unspecified atom stereocenters. The maximum absolute atomic E-state index is 8.77. The number of likely N-dealkylation sites (tertiary alicyclic amines) is 1. The Morgan fingerprint density at radius 1 is 1.35 bits per heavy atom. The standard InChI is InChI=1S/C15H22BrNO3/c1-19-14-2-3-15(16)12(10-14)11-17-6-4-13(5-7-17)20-9-8-18/h2-3,10,13,18H,4-9,11H2,1H3. The van der Waals surface area contributed by atoms with Gasteiger partial charge in [0, 0.05) is 24.1 Å². The van der Waals surface area contributed by atoms with E-state index in [1.165, 1.54) is 5.56 Å². The number of hydrogen-bond acceptors (Lipinski definition) is 4. The van der Waals surface area contributed by atoms with Crippen molar-refractivity contribution in [2.45, 2.75) is 25.5 Å². The minimum Gasteiger partial charge on any atom is -0.497 e. The highest BCUT2D eigenvalue weighted by Crippen LogP contribution is 2.25. The van der Waals surface area contributed by atoms with Crippen LogP contribution >= 0.6 is 15.9 Å². The second-order valence-corrected chi connectivity index (χ2v) is 5.88. The van der Waals surface area contributed by atoms with E-state index in [1.807, 2.05) is 12.1 Å². The third-order valence-electron chi connectivity index (χ3n) is 3.63. The zero-order chi connectivity index (χ0) is 14.4. The number of rotatable bonds is 6. The molecule has 1 saturated heterocycles. The van der Waals surface area contributed by atoms with Crippen molar-refractivity contribution in [2.75, 3.05) is 33.4 Å². The van der Waals surface area contributed by atoms with Crippen molar-refractivity contribution in [1.29, 1.82) is 0 Å². The minimum absolute atomic E-state index is 0.108. The fraction of sp³-hybridized carbons (Fsp3) is 0.600. The second kappa shape index (κ2) is 7.98. The molecule has 1 fully saturated rings. The van der Waals surface area contributed by atoms with Gasteiger partial charge < -0.3 is 14.6 Å². The molecule has 1 heterocycles. The monoisotopic (exact) mass is 343 g/mol. The summed E-state index contributed by atoms with van der Waals surface area (Å²) in [5.41, 5.74) is 1.25. The molecule has 0 saturated carbocycles. The Hall–Kier alpha value is -0.620. The second-order valence-electron chi connectivity index (χ2n) is 5.03. The summed E-state index contributed by atoms with van der Waals surface area (Å²) in [5, 5.41) is 8.77. The van der Waals surface area contributed by atoms with Gasteiger partial charge in [0.2, 0.25) is 0 Å². The third-order valence-corrected chi connectivity index (χ3v) is 4.40. The Balaban J connectivity index is 1.86. The number of aliphatic hydroxyl groups is 1. The molecule has 1 aliphatic heterocycles. The molecule has 1 N–H and O–H groups in total. The largest absolute Gasteiger partial charge is 0.497 e. The van der Waals surface area contributed by atoms with Crippen molar-refractivity contribution < 1.29 is 14.6 Å². The molecule has 0 aliphatic carbocycles. The zero-order valence-electron chi connectivity index (χ0n) is 11.8. The quantitative estimate of drug-likeness (QED) is 0.861. The highest BCUT2D eigenvalue weighted by Gasteiger charge is 2.20. The predicted molar refractivity (Wildman–Crippen MR) is 82.0 cm³/mol. The Morgan fingerprint density at radius 2 is 2.10 bits per heavy atom. The van der Waals surface area contributed by atoms with Crippen molar-refractivity contribution in [2.24, 2.45) is 0 Å². The predicted octanol–water partition coefficient (Wildman–Crippen LogP) is 2.43. The van der Waals surface area contributed by atoms with Crippen molar-refractivity contribution in [3.8, 4) is 5.75 Å². The maximum atomic E-state index is 8.77. The first-order chi connectivity index (χ1) is 9.72. The van der Waals surface area contributed by atoms with E-state index in [0.717, 1.165) is 42.7 Å². The SMILES string of the molecule is COc1ccc(Br)c(CN2CCC(OCCO)CC2)c1. The highest BCUT2D eigenvalue weighted by molar-refractivity contribution is 9.10. The summed E-state index contributed by atoms with van der Waals surface area (Å²) in [6, 6.07) is 6.08. The number of benzene rings is 1. The van der Waals surface area contributed by atoms with Gasteiger partial charge in [-0.25, -0.2) is 0 Å². The van der Waals surface area contributed by atoms with E-state index in [0.29, 0.717) is 12.7 Å². The van der Waals surface area contributed by atoms with Crippen molar-refractivity contribution in [1.82, 2.24) is 4.90 Å². The van der Waals surface area contributed by atoms with Crippen LogP contribution in [0.3, 0.4) is 0 Å². The van der Waals surface area contributed by atoms with Gasteiger partial charge in [-0.1, -0.05) is 15.9 Å². The van der Waals surface area contributed by atoms with Gasteiger partial charge in [-0.3, -0.25) is 4.90 Å². The molecule has 1 aliphatic rings. The first kappa shape index (κ1) is 15.8. The Labute approximate surface area is 128 Å². The molecular weight excluding hydrogens is 322 g/mol. The van der Waals surface area contributed by atoms with Crippen LogP contribution in [0.1, 0.15) is 18.4 Å². The summed E-state index contributed by atoms with van der Waals surface area (Å²) >= 11 is 3.60. The lowest BCUT2D eigenvalue weighted by atomic mass is 10.1. The van der Waals surface area contributed by atoms with Crippen LogP contribution in [0.4, 0.5) is 0 Å². The number of halogens is 1. The molecule has 0 atom stereocenters. The highest BCUT2D eigenvalue weighted by atomic mass is 79.9. The fourth-order valence-electron chi connectivity index (χ4n) is 2.49. The number of nitrogens with zero attached hydrogens (tertiary/aromatic N) is 1. The van der Waals surface area contributed by atoms with Gasteiger partial charge in [-0.2, -0.15) is 0 Å². The maximum Gasteiger partial charge on any atom is 0.119 e. The van der Waals surface area contributed by atoms with Crippen molar-refractivity contribution >= 4 is 15.9 Å². The molecule has 1 aromatic carbocycles. The van der Waals surface area contributed by atoms with E-state index in [9.17, 15) is 0 Å². The van der Waals surface area contributed by atoms with Crippen LogP contribution in [0.2, 0.25) is 0 Å². The molecule has 20 heavy (non-hydrogen) atoms. The lowest BCUT2D eigenvalue weighted by Crippen LogP contribution is -2.37. The molecule has 112 valence electrons. The Bertz CT molecular complexity index is 420. The van der Waals surface area contributed by atoms with Gasteiger partial charge in [0.05, 0.1) is 26.4 Å². The Kier molecular flexibility index (Phi) is 6.29. The first-order valence-corrected chi connectivity index (χ1v) is 7.79. The first-order valence-electron chi connectivity index (χ1n) is 7.00. The van der Waals surface area contributed by atoms with Crippen LogP contribution in [-0.4, -0.2) is 49.5 Å². The van der Waals surface area contributed by atoms with Crippen molar-refractivity contribution in [3.63, 3.8) is 0 Å². The summed E-state index contributed by atoms with van der Waals surface area (Å²) < 4.78 is 12.0. The van der Waals surface area contributed by atoms with E-state index >= 15 is 0 Å². The molecule has 5 heteroatoms. The van der Waals surface area contributed by atoms with Crippen molar-refractivity contribution in [3.05, 3.63) is 28.2 Å². The van der Waals surface area contributed by atoms with E-state index < -0.39 is 0 Å². The van der Waals surface area contributed by atoms with Crippen LogP contribution in [0.15, 0.2) is 22.7 Å². The van der Waals surface area contributed by atoms with Crippen LogP contribution < -0.4 is 4.74 Å². The number of ether oxygens (including phenoxy) is 2. The third kappa shape index (κ3) is 4.45. The molecule has 0 spiro atoms. The van der Waals surface area contributed by atoms with Crippen LogP contribution in [0.25, 0.3) is 0 Å². The molecular formula is C15H22BrNO3. The molecule has 4 nitrogen and oxygen atoms in total. The summed E-state index contributed by atoms with van der Waals surface area (Å²) in [6.07, 6.45) is 2.36. The fourth-order valence-corrected chi connectivity index (χ4v) is 2.87. The van der Waals surface area contributed by atoms with Gasteiger partial charge >= 0.3 is 0 Å². The smallest absolute Gasteiger partial charge is 0.119 e. The topological polar surface area (TPSA) is 41.9 Å². The van der Waals surface area contributed by atoms with Gasteiger partial charge in [0.1, 0.15) is 5.75 Å². The number of aliphatic hydroxyl groups excluding tert-OH is 1. The normalized spacial score (nSPS) is 17.4. The molecule has 1 aromatic rings. The average Bonchev–Trinajstić information content (AvgIpc) is 2.49. The zero-order valence-corrected chi connectivity index (χ0v) is 13.4. The number of hydrogen-bond donors (Lipinski definition) is 1. The van der Waals surface area contributed by atoms with E-state index in [1.54, 1.807) is 7.11 Å². The molecule has 0 bridgehead atoms. The average molecular weight is 344 g/mol. The van der Waals surface area contributed by atoms with Gasteiger partial charge in [0.25, 0.3) is 0 Å². The van der Waals surface area contributed by atoms with E-state index in [2.05, 4.69) is 26.9 Å². The van der Waals surface area contributed by atoms with E-state index in [4.69, 9.17) is 14.6 Å². The number of methoxy groups -OCH3 is 1. The van der Waals surface area contributed by atoms with Gasteiger partial charge in [0.15, 0.2) is 0 Å². The van der Waals surface area contributed by atoms with Crippen LogP contribution in [0, 0.1) is 0 Å². The number of piperidine rings is 1. The van der Waals surface area contributed by atoms with Gasteiger partial charge in [-0.05, 0) is 36.6 Å².